The van der Waals surface area contributed by atoms with E-state index in [-0.39, 0.29) is 30.7 Å². The first-order chi connectivity index (χ1) is 18.5. The van der Waals surface area contributed by atoms with E-state index in [2.05, 4.69) is 21.1 Å². The number of carboxylic acid groups (broad SMARTS) is 1. The molecule has 1 aromatic heterocycles. The second-order valence-electron chi connectivity index (χ2n) is 10.0. The van der Waals surface area contributed by atoms with Gasteiger partial charge < -0.3 is 30.3 Å². The third-order valence-corrected chi connectivity index (χ3v) is 6.18. The largest absolute Gasteiger partial charge is 0.495 e. The molecule has 3 amide bonds. The number of ether oxygens (including phenoxy) is 1. The minimum atomic E-state index is -0.913. The summed E-state index contributed by atoms with van der Waals surface area (Å²) in [7, 11) is 1.50. The molecule has 2 atom stereocenters. The van der Waals surface area contributed by atoms with Gasteiger partial charge in [-0.3, -0.25) is 9.59 Å². The number of carbonyl (C=O) groups is 3. The maximum atomic E-state index is 13.0. The van der Waals surface area contributed by atoms with Crippen LogP contribution in [0.5, 0.6) is 5.75 Å². The molecule has 0 fully saturated rings. The Balaban J connectivity index is 1.65. The topological polar surface area (TPSA) is 143 Å². The highest BCUT2D eigenvalue weighted by Crippen LogP contribution is 2.27. The van der Waals surface area contributed by atoms with Crippen molar-refractivity contribution in [3.05, 3.63) is 71.1 Å². The summed E-state index contributed by atoms with van der Waals surface area (Å²) in [6.45, 7) is 7.59. The summed E-state index contributed by atoms with van der Waals surface area (Å²) in [5.74, 6) is -0.586. The van der Waals surface area contributed by atoms with E-state index in [1.54, 1.807) is 31.2 Å². The van der Waals surface area contributed by atoms with Gasteiger partial charge in [-0.1, -0.05) is 50.2 Å². The SMILES string of the molecule is COc1cc(CC(=O)NC(CC(C)C)c2cc(CC(C)C(=O)O)on2)ccc1NC(=O)Nc1ccccc1C. The molecule has 0 aliphatic rings. The van der Waals surface area contributed by atoms with Crippen LogP contribution in [0, 0.1) is 18.8 Å². The lowest BCUT2D eigenvalue weighted by molar-refractivity contribution is -0.141. The number of urea groups is 1. The van der Waals surface area contributed by atoms with Crippen molar-refractivity contribution in [2.75, 3.05) is 17.7 Å². The minimum Gasteiger partial charge on any atom is -0.495 e. The molecule has 10 nitrogen and oxygen atoms in total. The number of aliphatic carboxylic acids is 1. The summed E-state index contributed by atoms with van der Waals surface area (Å²) in [5, 5.41) is 21.9. The van der Waals surface area contributed by atoms with Crippen LogP contribution in [0.4, 0.5) is 16.2 Å². The van der Waals surface area contributed by atoms with Gasteiger partial charge >= 0.3 is 12.0 Å². The number of rotatable bonds is 12. The van der Waals surface area contributed by atoms with Crippen LogP contribution in [0.1, 0.15) is 55.8 Å². The number of amides is 3. The van der Waals surface area contributed by atoms with Crippen LogP contribution in [0.3, 0.4) is 0 Å². The Labute approximate surface area is 228 Å². The van der Waals surface area contributed by atoms with E-state index in [0.29, 0.717) is 40.6 Å². The lowest BCUT2D eigenvalue weighted by Crippen LogP contribution is -2.31. The quantitative estimate of drug-likeness (QED) is 0.244. The highest BCUT2D eigenvalue weighted by molar-refractivity contribution is 6.01. The molecule has 2 aromatic carbocycles. The Morgan fingerprint density at radius 3 is 2.41 bits per heavy atom. The number of methoxy groups -OCH3 is 1. The van der Waals surface area contributed by atoms with Crippen LogP contribution in [0.2, 0.25) is 0 Å². The summed E-state index contributed by atoms with van der Waals surface area (Å²) in [6, 6.07) is 13.5. The number of aromatic nitrogens is 1. The van der Waals surface area contributed by atoms with Crippen molar-refractivity contribution in [3.8, 4) is 5.75 Å². The van der Waals surface area contributed by atoms with Gasteiger partial charge in [-0.05, 0) is 48.6 Å². The molecule has 0 radical (unpaired) electrons. The number of benzene rings is 2. The second kappa shape index (κ2) is 13.5. The van der Waals surface area contributed by atoms with Gasteiger partial charge in [0, 0.05) is 18.2 Å². The fourth-order valence-corrected chi connectivity index (χ4v) is 4.07. The Hall–Kier alpha value is -4.34. The van der Waals surface area contributed by atoms with Crippen LogP contribution in [0.25, 0.3) is 0 Å². The predicted molar refractivity (Wildman–Crippen MR) is 148 cm³/mol. The van der Waals surface area contributed by atoms with Crippen LogP contribution >= 0.6 is 0 Å². The van der Waals surface area contributed by atoms with Gasteiger partial charge in [-0.25, -0.2) is 4.79 Å². The lowest BCUT2D eigenvalue weighted by atomic mass is 9.99. The van der Waals surface area contributed by atoms with Gasteiger partial charge in [-0.2, -0.15) is 0 Å². The molecule has 4 N–H and O–H groups in total. The number of hydrogen-bond acceptors (Lipinski definition) is 6. The highest BCUT2D eigenvalue weighted by atomic mass is 16.5. The molecule has 3 aromatic rings. The lowest BCUT2D eigenvalue weighted by Gasteiger charge is -2.19. The maximum Gasteiger partial charge on any atom is 0.323 e. The number of carboxylic acids is 1. The number of aryl methyl sites for hydroxylation is 1. The normalized spacial score (nSPS) is 12.5. The average molecular weight is 537 g/mol. The van der Waals surface area contributed by atoms with Crippen molar-refractivity contribution in [2.24, 2.45) is 11.8 Å². The van der Waals surface area contributed by atoms with Gasteiger partial charge in [-0.15, -0.1) is 0 Å². The first-order valence-corrected chi connectivity index (χ1v) is 12.8. The molecular weight excluding hydrogens is 500 g/mol. The van der Waals surface area contributed by atoms with Crippen molar-refractivity contribution < 1.29 is 28.8 Å². The molecule has 39 heavy (non-hydrogen) atoms. The molecule has 2 unspecified atom stereocenters. The van der Waals surface area contributed by atoms with Gasteiger partial charge in [0.15, 0.2) is 0 Å². The summed E-state index contributed by atoms with van der Waals surface area (Å²) in [4.78, 5) is 36.7. The van der Waals surface area contributed by atoms with Crippen molar-refractivity contribution in [1.29, 1.82) is 0 Å². The monoisotopic (exact) mass is 536 g/mol. The van der Waals surface area contributed by atoms with E-state index >= 15 is 0 Å². The van der Waals surface area contributed by atoms with Crippen LogP contribution in [0.15, 0.2) is 53.1 Å². The zero-order valence-corrected chi connectivity index (χ0v) is 22.9. The Morgan fingerprint density at radius 2 is 1.74 bits per heavy atom. The number of anilines is 2. The maximum absolute atomic E-state index is 13.0. The smallest absolute Gasteiger partial charge is 0.323 e. The molecule has 0 saturated heterocycles. The zero-order valence-electron chi connectivity index (χ0n) is 22.9. The molecule has 10 heteroatoms. The molecular formula is C29H36N4O6. The fraction of sp³-hybridized carbons (Fsp3) is 0.379. The second-order valence-corrected chi connectivity index (χ2v) is 10.0. The number of hydrogen-bond donors (Lipinski definition) is 4. The van der Waals surface area contributed by atoms with E-state index in [0.717, 1.165) is 5.56 Å². The molecule has 0 bridgehead atoms. The molecule has 3 rings (SSSR count). The van der Waals surface area contributed by atoms with E-state index in [1.807, 2.05) is 45.0 Å². The molecule has 1 heterocycles. The van der Waals surface area contributed by atoms with Gasteiger partial charge in [0.2, 0.25) is 5.91 Å². The molecule has 208 valence electrons. The molecule has 0 saturated carbocycles. The summed E-state index contributed by atoms with van der Waals surface area (Å²) >= 11 is 0. The third-order valence-electron chi connectivity index (χ3n) is 6.18. The zero-order chi connectivity index (χ0) is 28.5. The van der Waals surface area contributed by atoms with E-state index < -0.39 is 17.9 Å². The van der Waals surface area contributed by atoms with Crippen LogP contribution in [-0.4, -0.2) is 35.3 Å². The van der Waals surface area contributed by atoms with E-state index in [4.69, 9.17) is 14.4 Å². The van der Waals surface area contributed by atoms with Crippen molar-refractivity contribution in [1.82, 2.24) is 10.5 Å². The Bertz CT molecular complexity index is 1300. The van der Waals surface area contributed by atoms with Crippen molar-refractivity contribution >= 4 is 29.3 Å². The van der Waals surface area contributed by atoms with E-state index in [9.17, 15) is 14.4 Å². The number of carbonyl (C=O) groups excluding carboxylic acids is 2. The van der Waals surface area contributed by atoms with Crippen LogP contribution in [-0.2, 0) is 22.4 Å². The number of para-hydroxylation sites is 1. The fourth-order valence-electron chi connectivity index (χ4n) is 4.07. The molecule has 0 aliphatic carbocycles. The summed E-state index contributed by atoms with van der Waals surface area (Å²) in [5.41, 5.74) is 3.37. The average Bonchev–Trinajstić information content (AvgIpc) is 3.34. The first-order valence-electron chi connectivity index (χ1n) is 12.8. The summed E-state index contributed by atoms with van der Waals surface area (Å²) in [6.07, 6.45) is 0.934. The molecule has 0 aliphatic heterocycles. The molecule has 0 spiro atoms. The van der Waals surface area contributed by atoms with Gasteiger partial charge in [0.25, 0.3) is 0 Å². The first kappa shape index (κ1) is 29.2. The van der Waals surface area contributed by atoms with E-state index in [1.165, 1.54) is 7.11 Å². The van der Waals surface area contributed by atoms with Gasteiger partial charge in [0.1, 0.15) is 17.2 Å². The standard InChI is InChI=1S/C29H36N4O6/c1-17(2)12-24(25-16-21(39-33-25)13-19(4)28(35)36)30-27(34)15-20-10-11-23(26(14-20)38-5)32-29(37)31-22-9-7-6-8-18(22)3/h6-11,14,16-17,19,24H,12-13,15H2,1-5H3,(H,30,34)(H,35,36)(H2,31,32,37). The number of nitrogens with one attached hydrogen (secondary N) is 3. The van der Waals surface area contributed by atoms with Crippen molar-refractivity contribution in [2.45, 2.75) is 53.0 Å². The Morgan fingerprint density at radius 1 is 1.03 bits per heavy atom. The Kier molecular flexibility index (Phi) is 10.1. The van der Waals surface area contributed by atoms with Crippen molar-refractivity contribution in [3.63, 3.8) is 0 Å². The number of nitrogens with zero attached hydrogens (tertiary/aromatic N) is 1. The van der Waals surface area contributed by atoms with Gasteiger partial charge in [0.05, 0.1) is 31.2 Å². The highest BCUT2D eigenvalue weighted by Gasteiger charge is 2.22. The minimum absolute atomic E-state index is 0.0847. The third kappa shape index (κ3) is 8.59. The van der Waals surface area contributed by atoms with Crippen LogP contribution < -0.4 is 20.7 Å². The predicted octanol–water partition coefficient (Wildman–Crippen LogP) is 5.34. The summed E-state index contributed by atoms with van der Waals surface area (Å²) < 4.78 is 10.8.